The number of morpholine rings is 1. The zero-order valence-electron chi connectivity index (χ0n) is 11.7. The molecule has 0 aliphatic carbocycles. The van der Waals surface area contributed by atoms with Crippen LogP contribution in [0, 0.1) is 6.92 Å². The van der Waals surface area contributed by atoms with Gasteiger partial charge in [0, 0.05) is 31.2 Å². The minimum absolute atomic E-state index is 0.135. The summed E-state index contributed by atoms with van der Waals surface area (Å²) in [5, 5.41) is 0.891. The summed E-state index contributed by atoms with van der Waals surface area (Å²) in [6.45, 7) is 5.56. The molecule has 1 aromatic rings. The van der Waals surface area contributed by atoms with Crippen LogP contribution >= 0.6 is 11.5 Å². The standard InChI is InChI=1S/C13H20N4O2S/c1-10-14-13(20-15-10)17-7-8-19-11(9-17)12(18)16-5-3-2-4-6-16/h11H,2-9H2,1H3. The van der Waals surface area contributed by atoms with Gasteiger partial charge >= 0.3 is 0 Å². The van der Waals surface area contributed by atoms with E-state index < -0.39 is 0 Å². The van der Waals surface area contributed by atoms with Crippen LogP contribution in [0.3, 0.4) is 0 Å². The lowest BCUT2D eigenvalue weighted by atomic mass is 10.1. The number of aryl methyl sites for hydroxylation is 1. The summed E-state index contributed by atoms with van der Waals surface area (Å²) in [4.78, 5) is 20.9. The molecule has 0 saturated carbocycles. The number of carbonyl (C=O) groups excluding carboxylic acids is 1. The van der Waals surface area contributed by atoms with Gasteiger partial charge in [-0.05, 0) is 26.2 Å². The number of nitrogens with zero attached hydrogens (tertiary/aromatic N) is 4. The predicted molar refractivity (Wildman–Crippen MR) is 77.0 cm³/mol. The fraction of sp³-hybridized carbons (Fsp3) is 0.769. The zero-order valence-corrected chi connectivity index (χ0v) is 12.6. The Bertz CT molecular complexity index is 473. The lowest BCUT2D eigenvalue weighted by Crippen LogP contribution is -2.52. The number of carbonyl (C=O) groups is 1. The summed E-state index contributed by atoms with van der Waals surface area (Å²) in [5.41, 5.74) is 0. The molecule has 2 aliphatic rings. The van der Waals surface area contributed by atoms with Crippen molar-refractivity contribution in [2.45, 2.75) is 32.3 Å². The molecule has 2 saturated heterocycles. The van der Waals surface area contributed by atoms with E-state index in [1.54, 1.807) is 0 Å². The average Bonchev–Trinajstić information content (AvgIpc) is 2.94. The Balaban J connectivity index is 1.63. The topological polar surface area (TPSA) is 58.6 Å². The van der Waals surface area contributed by atoms with Crippen molar-refractivity contribution in [3.63, 3.8) is 0 Å². The number of amides is 1. The lowest BCUT2D eigenvalue weighted by molar-refractivity contribution is -0.145. The molecule has 3 rings (SSSR count). The largest absolute Gasteiger partial charge is 0.365 e. The van der Waals surface area contributed by atoms with Crippen molar-refractivity contribution in [1.29, 1.82) is 0 Å². The van der Waals surface area contributed by atoms with Gasteiger partial charge in [0.25, 0.3) is 5.91 Å². The maximum absolute atomic E-state index is 12.5. The van der Waals surface area contributed by atoms with Crippen molar-refractivity contribution in [2.75, 3.05) is 37.7 Å². The number of aromatic nitrogens is 2. The molecule has 2 fully saturated rings. The Morgan fingerprint density at radius 2 is 2.10 bits per heavy atom. The fourth-order valence-electron chi connectivity index (χ4n) is 2.70. The highest BCUT2D eigenvalue weighted by Gasteiger charge is 2.31. The van der Waals surface area contributed by atoms with Gasteiger partial charge in [0.15, 0.2) is 6.10 Å². The quantitative estimate of drug-likeness (QED) is 0.817. The number of rotatable bonds is 2. The molecule has 20 heavy (non-hydrogen) atoms. The van der Waals surface area contributed by atoms with Crippen LogP contribution in [0.5, 0.6) is 0 Å². The van der Waals surface area contributed by atoms with Crippen LogP contribution in [0.2, 0.25) is 0 Å². The normalized spacial score (nSPS) is 23.9. The van der Waals surface area contributed by atoms with E-state index in [-0.39, 0.29) is 12.0 Å². The molecule has 7 heteroatoms. The highest BCUT2D eigenvalue weighted by molar-refractivity contribution is 7.09. The van der Waals surface area contributed by atoms with Gasteiger partial charge < -0.3 is 14.5 Å². The van der Waals surface area contributed by atoms with Crippen molar-refractivity contribution >= 4 is 22.6 Å². The second kappa shape index (κ2) is 6.05. The van der Waals surface area contributed by atoms with Gasteiger partial charge in [0.05, 0.1) is 13.2 Å². The van der Waals surface area contributed by atoms with Gasteiger partial charge in [-0.15, -0.1) is 0 Å². The van der Waals surface area contributed by atoms with Gasteiger partial charge in [-0.2, -0.15) is 4.37 Å². The van der Waals surface area contributed by atoms with Gasteiger partial charge in [-0.1, -0.05) is 0 Å². The summed E-state index contributed by atoms with van der Waals surface area (Å²) in [7, 11) is 0. The molecule has 1 unspecified atom stereocenters. The monoisotopic (exact) mass is 296 g/mol. The van der Waals surface area contributed by atoms with Crippen LogP contribution in [0.15, 0.2) is 0 Å². The van der Waals surface area contributed by atoms with Crippen LogP contribution in [0.25, 0.3) is 0 Å². The molecule has 2 aliphatic heterocycles. The molecule has 3 heterocycles. The Labute approximate surface area is 122 Å². The van der Waals surface area contributed by atoms with Crippen LogP contribution in [0.1, 0.15) is 25.1 Å². The van der Waals surface area contributed by atoms with Crippen molar-refractivity contribution in [3.05, 3.63) is 5.82 Å². The van der Waals surface area contributed by atoms with Crippen molar-refractivity contribution in [3.8, 4) is 0 Å². The average molecular weight is 296 g/mol. The van der Waals surface area contributed by atoms with E-state index in [1.165, 1.54) is 18.0 Å². The Morgan fingerprint density at radius 1 is 1.30 bits per heavy atom. The third-order valence-corrected chi connectivity index (χ3v) is 4.67. The second-order valence-electron chi connectivity index (χ2n) is 5.32. The molecule has 0 bridgehead atoms. The van der Waals surface area contributed by atoms with Gasteiger partial charge in [-0.25, -0.2) is 4.98 Å². The highest BCUT2D eigenvalue weighted by Crippen LogP contribution is 2.21. The van der Waals surface area contributed by atoms with E-state index in [4.69, 9.17) is 4.74 Å². The van der Waals surface area contributed by atoms with Crippen LogP contribution < -0.4 is 4.90 Å². The van der Waals surface area contributed by atoms with Gasteiger partial charge in [0.1, 0.15) is 5.82 Å². The third kappa shape index (κ3) is 2.93. The maximum Gasteiger partial charge on any atom is 0.253 e. The molecule has 6 nitrogen and oxygen atoms in total. The third-order valence-electron chi connectivity index (χ3n) is 3.80. The first-order valence-corrected chi connectivity index (χ1v) is 7.97. The van der Waals surface area contributed by atoms with Gasteiger partial charge in [0.2, 0.25) is 5.13 Å². The number of ether oxygens (including phenoxy) is 1. The van der Waals surface area contributed by atoms with E-state index in [0.717, 1.165) is 43.4 Å². The molecular formula is C13H20N4O2S. The molecule has 1 atom stereocenters. The van der Waals surface area contributed by atoms with Crippen LogP contribution in [0.4, 0.5) is 5.13 Å². The van der Waals surface area contributed by atoms with Gasteiger partial charge in [-0.3, -0.25) is 4.79 Å². The SMILES string of the molecule is Cc1nsc(N2CCOC(C(=O)N3CCCCC3)C2)n1. The minimum atomic E-state index is -0.356. The van der Waals surface area contributed by atoms with E-state index in [0.29, 0.717) is 13.2 Å². The van der Waals surface area contributed by atoms with E-state index in [9.17, 15) is 4.79 Å². The predicted octanol–water partition coefficient (Wildman–Crippen LogP) is 1.06. The molecular weight excluding hydrogens is 276 g/mol. The molecule has 0 aromatic carbocycles. The number of likely N-dealkylation sites (tertiary alicyclic amines) is 1. The molecule has 1 aromatic heterocycles. The number of hydrogen-bond donors (Lipinski definition) is 0. The highest BCUT2D eigenvalue weighted by atomic mass is 32.1. The molecule has 1 amide bonds. The van der Waals surface area contributed by atoms with Crippen LogP contribution in [-0.2, 0) is 9.53 Å². The maximum atomic E-state index is 12.5. The first-order valence-electron chi connectivity index (χ1n) is 7.20. The summed E-state index contributed by atoms with van der Waals surface area (Å²) in [6.07, 6.45) is 3.09. The van der Waals surface area contributed by atoms with Crippen LogP contribution in [-0.4, -0.2) is 59.1 Å². The van der Waals surface area contributed by atoms with Crippen molar-refractivity contribution in [2.24, 2.45) is 0 Å². The number of piperidine rings is 1. The smallest absolute Gasteiger partial charge is 0.253 e. The first kappa shape index (κ1) is 13.8. The van der Waals surface area contributed by atoms with E-state index >= 15 is 0 Å². The second-order valence-corrected chi connectivity index (χ2v) is 6.05. The number of hydrogen-bond acceptors (Lipinski definition) is 6. The van der Waals surface area contributed by atoms with Crippen molar-refractivity contribution in [1.82, 2.24) is 14.3 Å². The zero-order chi connectivity index (χ0) is 13.9. The lowest BCUT2D eigenvalue weighted by Gasteiger charge is -2.35. The Hall–Kier alpha value is -1.21. The molecule has 0 N–H and O–H groups in total. The van der Waals surface area contributed by atoms with E-state index in [2.05, 4.69) is 14.3 Å². The van der Waals surface area contributed by atoms with E-state index in [1.807, 2.05) is 11.8 Å². The fourth-order valence-corrected chi connectivity index (χ4v) is 3.41. The Morgan fingerprint density at radius 3 is 2.80 bits per heavy atom. The molecule has 110 valence electrons. The van der Waals surface area contributed by atoms with Crippen molar-refractivity contribution < 1.29 is 9.53 Å². The number of anilines is 1. The summed E-state index contributed by atoms with van der Waals surface area (Å²) < 4.78 is 9.88. The summed E-state index contributed by atoms with van der Waals surface area (Å²) in [5.74, 6) is 0.922. The summed E-state index contributed by atoms with van der Waals surface area (Å²) in [6, 6.07) is 0. The molecule has 0 spiro atoms. The molecule has 0 radical (unpaired) electrons. The minimum Gasteiger partial charge on any atom is -0.365 e. The first-order chi connectivity index (χ1) is 9.74. The summed E-state index contributed by atoms with van der Waals surface area (Å²) >= 11 is 1.39. The Kier molecular flexibility index (Phi) is 4.16.